The molecule has 0 spiro atoms. The molecule has 2 saturated carbocycles. The molecule has 0 bridgehead atoms. The number of nitrogens with zero attached hydrogens (tertiary/aromatic N) is 4. The lowest BCUT2D eigenvalue weighted by molar-refractivity contribution is 0.126. The van der Waals surface area contributed by atoms with Gasteiger partial charge in [0.2, 0.25) is 0 Å². The average Bonchev–Trinajstić information content (AvgIpc) is 3.14. The van der Waals surface area contributed by atoms with Crippen molar-refractivity contribution < 1.29 is 9.84 Å². The van der Waals surface area contributed by atoms with Crippen molar-refractivity contribution in [1.82, 2.24) is 0 Å². The summed E-state index contributed by atoms with van der Waals surface area (Å²) in [6, 6.07) is 35.1. The molecule has 2 aliphatic rings. The molecule has 244 valence electrons. The van der Waals surface area contributed by atoms with Crippen molar-refractivity contribution in [3.63, 3.8) is 0 Å². The number of phenols is 1. The Kier molecular flexibility index (Phi) is 9.88. The summed E-state index contributed by atoms with van der Waals surface area (Å²) in [5.74, 6) is 4.71. The Morgan fingerprint density at radius 1 is 0.542 bits per heavy atom. The fourth-order valence-corrected chi connectivity index (χ4v) is 7.45. The minimum absolute atomic E-state index is 0.199. The molecule has 0 saturated heterocycles. The molecule has 0 heterocycles. The van der Waals surface area contributed by atoms with Crippen molar-refractivity contribution in [3.05, 3.63) is 109 Å². The summed E-state index contributed by atoms with van der Waals surface area (Å²) >= 11 is 0. The first-order chi connectivity index (χ1) is 23.6. The predicted molar refractivity (Wildman–Crippen MR) is 194 cm³/mol. The van der Waals surface area contributed by atoms with Gasteiger partial charge in [-0.05, 0) is 134 Å². The lowest BCUT2D eigenvalue weighted by Crippen LogP contribution is -2.27. The largest absolute Gasteiger partial charge is 0.508 e. The fourth-order valence-electron chi connectivity index (χ4n) is 7.45. The second-order valence-electron chi connectivity index (χ2n) is 13.7. The van der Waals surface area contributed by atoms with Crippen molar-refractivity contribution in [1.29, 1.82) is 0 Å². The fraction of sp³-hybridized carbons (Fsp3) is 0.333. The van der Waals surface area contributed by atoms with Crippen LogP contribution in [0.1, 0.15) is 58.3 Å². The third kappa shape index (κ3) is 7.82. The van der Waals surface area contributed by atoms with Crippen molar-refractivity contribution in [2.24, 2.45) is 44.1 Å². The molecule has 0 radical (unpaired) electrons. The van der Waals surface area contributed by atoms with Crippen LogP contribution in [0.4, 0.5) is 22.7 Å². The van der Waals surface area contributed by atoms with Gasteiger partial charge in [0.1, 0.15) is 11.5 Å². The summed E-state index contributed by atoms with van der Waals surface area (Å²) in [7, 11) is 0. The molecule has 2 aliphatic carbocycles. The van der Waals surface area contributed by atoms with Crippen LogP contribution >= 0.6 is 0 Å². The summed E-state index contributed by atoms with van der Waals surface area (Å²) in [6.07, 6.45) is 11.2. The van der Waals surface area contributed by atoms with Gasteiger partial charge in [-0.1, -0.05) is 68.3 Å². The van der Waals surface area contributed by atoms with Gasteiger partial charge < -0.3 is 9.84 Å². The highest BCUT2D eigenvalue weighted by Crippen LogP contribution is 2.41. The van der Waals surface area contributed by atoms with E-state index in [1.165, 1.54) is 51.4 Å². The Morgan fingerprint density at radius 3 is 1.56 bits per heavy atom. The van der Waals surface area contributed by atoms with Crippen LogP contribution in [-0.2, 0) is 0 Å². The molecule has 2 fully saturated rings. The first-order valence-corrected chi connectivity index (χ1v) is 17.5. The molecule has 48 heavy (non-hydrogen) atoms. The summed E-state index contributed by atoms with van der Waals surface area (Å²) in [4.78, 5) is 0. The Bertz CT molecular complexity index is 1850. The van der Waals surface area contributed by atoms with Crippen molar-refractivity contribution in [2.45, 2.75) is 58.3 Å². The van der Waals surface area contributed by atoms with E-state index < -0.39 is 0 Å². The topological polar surface area (TPSA) is 78.9 Å². The van der Waals surface area contributed by atoms with Crippen molar-refractivity contribution >= 4 is 33.5 Å². The third-order valence-electron chi connectivity index (χ3n) is 10.4. The molecule has 0 atom stereocenters. The molecule has 6 heteroatoms. The van der Waals surface area contributed by atoms with E-state index in [-0.39, 0.29) is 5.75 Å². The van der Waals surface area contributed by atoms with Gasteiger partial charge in [0, 0.05) is 10.8 Å². The Hall–Kier alpha value is -4.84. The van der Waals surface area contributed by atoms with Crippen molar-refractivity contribution in [2.75, 3.05) is 6.61 Å². The van der Waals surface area contributed by atoms with E-state index >= 15 is 0 Å². The van der Waals surface area contributed by atoms with E-state index in [2.05, 4.69) is 63.8 Å². The molecule has 5 aromatic carbocycles. The summed E-state index contributed by atoms with van der Waals surface area (Å²) < 4.78 is 6.25. The van der Waals surface area contributed by atoms with E-state index in [9.17, 15) is 5.11 Å². The maximum Gasteiger partial charge on any atom is 0.119 e. The molecule has 0 aliphatic heterocycles. The average molecular weight is 637 g/mol. The van der Waals surface area contributed by atoms with Crippen LogP contribution in [0, 0.1) is 23.7 Å². The molecule has 6 nitrogen and oxygen atoms in total. The number of hydrogen-bond acceptors (Lipinski definition) is 6. The summed E-state index contributed by atoms with van der Waals surface area (Å²) in [5.41, 5.74) is 5.23. The van der Waals surface area contributed by atoms with Gasteiger partial charge in [-0.25, -0.2) is 0 Å². The van der Waals surface area contributed by atoms with E-state index in [1.54, 1.807) is 24.3 Å². The summed E-state index contributed by atoms with van der Waals surface area (Å²) in [6.45, 7) is 3.25. The van der Waals surface area contributed by atoms with E-state index in [0.717, 1.165) is 69.1 Å². The van der Waals surface area contributed by atoms with Gasteiger partial charge in [0.25, 0.3) is 0 Å². The lowest BCUT2D eigenvalue weighted by atomic mass is 9.69. The first-order valence-electron chi connectivity index (χ1n) is 17.5. The number of rotatable bonds is 9. The Labute approximate surface area is 283 Å². The second kappa shape index (κ2) is 14.9. The highest BCUT2D eigenvalue weighted by atomic mass is 16.5. The SMILES string of the molecule is CC1CCC(C2CCC(COc3ccc(-c4ccc(N=Nc5ccc(N=Nc6ccc(O)cc6)c6ccccc56)cc4)cc3)CC2)CC1. The van der Waals surface area contributed by atoms with Crippen LogP contribution in [0.25, 0.3) is 21.9 Å². The predicted octanol–water partition coefficient (Wildman–Crippen LogP) is 13.1. The van der Waals surface area contributed by atoms with Gasteiger partial charge in [0.05, 0.1) is 29.4 Å². The zero-order valence-electron chi connectivity index (χ0n) is 27.7. The maximum atomic E-state index is 9.51. The van der Waals surface area contributed by atoms with Crippen LogP contribution in [0.5, 0.6) is 11.5 Å². The van der Waals surface area contributed by atoms with Crippen LogP contribution < -0.4 is 4.74 Å². The molecule has 0 aromatic heterocycles. The molecule has 1 N–H and O–H groups in total. The highest BCUT2D eigenvalue weighted by Gasteiger charge is 2.30. The standard InChI is InChI=1S/C42H44N4O2/c1-29-6-10-31(11-7-29)32-12-8-30(9-13-32)28-48-38-24-16-34(17-25-38)33-14-18-35(19-15-33)43-45-41-26-27-42(40-5-3-2-4-39(40)41)46-44-36-20-22-37(47)23-21-36/h2-5,14-27,29-32,47H,6-13,28H2,1H3. The second-order valence-corrected chi connectivity index (χ2v) is 13.7. The van der Waals surface area contributed by atoms with Crippen molar-refractivity contribution in [3.8, 4) is 22.6 Å². The van der Waals surface area contributed by atoms with Gasteiger partial charge in [-0.3, -0.25) is 0 Å². The number of azo groups is 2. The van der Waals surface area contributed by atoms with Crippen LogP contribution in [0.3, 0.4) is 0 Å². The van der Waals surface area contributed by atoms with Crippen LogP contribution in [-0.4, -0.2) is 11.7 Å². The minimum Gasteiger partial charge on any atom is -0.508 e. The normalized spacial score (nSPS) is 21.6. The molecule has 0 amide bonds. The molecule has 7 rings (SSSR count). The lowest BCUT2D eigenvalue weighted by Gasteiger charge is -2.37. The van der Waals surface area contributed by atoms with E-state index in [1.807, 2.05) is 48.5 Å². The Balaban J connectivity index is 0.935. The van der Waals surface area contributed by atoms with E-state index in [4.69, 9.17) is 4.74 Å². The number of ether oxygens (including phenoxy) is 1. The van der Waals surface area contributed by atoms with Gasteiger partial charge >= 0.3 is 0 Å². The monoisotopic (exact) mass is 636 g/mol. The maximum absolute atomic E-state index is 9.51. The van der Waals surface area contributed by atoms with E-state index in [0.29, 0.717) is 11.6 Å². The van der Waals surface area contributed by atoms with Gasteiger partial charge in [0.15, 0.2) is 0 Å². The number of aromatic hydroxyl groups is 1. The number of benzene rings is 5. The number of phenolic OH excluding ortho intramolecular Hbond substituents is 1. The zero-order valence-corrected chi connectivity index (χ0v) is 27.7. The molecule has 0 unspecified atom stereocenters. The Morgan fingerprint density at radius 2 is 1.02 bits per heavy atom. The molecule has 5 aromatic rings. The van der Waals surface area contributed by atoms with Crippen LogP contribution in [0.15, 0.2) is 130 Å². The highest BCUT2D eigenvalue weighted by molar-refractivity contribution is 5.99. The molecular formula is C42H44N4O2. The molecular weight excluding hydrogens is 592 g/mol. The first kappa shape index (κ1) is 31.7. The number of fused-ring (bicyclic) bond motifs is 1. The summed E-state index contributed by atoms with van der Waals surface area (Å²) in [5, 5.41) is 29.3. The number of hydrogen-bond donors (Lipinski definition) is 1. The van der Waals surface area contributed by atoms with Gasteiger partial charge in [-0.2, -0.15) is 10.2 Å². The quantitative estimate of drug-likeness (QED) is 0.163. The van der Waals surface area contributed by atoms with Crippen LogP contribution in [0.2, 0.25) is 0 Å². The van der Waals surface area contributed by atoms with Gasteiger partial charge in [-0.15, -0.1) is 10.2 Å². The minimum atomic E-state index is 0.199. The third-order valence-corrected chi connectivity index (χ3v) is 10.4. The zero-order chi connectivity index (χ0) is 32.7. The smallest absolute Gasteiger partial charge is 0.119 e.